The molecule has 0 spiro atoms. The minimum atomic E-state index is -1.82. The summed E-state index contributed by atoms with van der Waals surface area (Å²) in [6.45, 7) is 2.77. The van der Waals surface area contributed by atoms with Crippen LogP contribution in [0.2, 0.25) is 0 Å². The van der Waals surface area contributed by atoms with Crippen LogP contribution < -0.4 is 0 Å². The third kappa shape index (κ3) is 12.4. The summed E-state index contributed by atoms with van der Waals surface area (Å²) in [5.74, 6) is -3.65. The maximum atomic E-state index is 9.10. The third-order valence-electron chi connectivity index (χ3n) is 3.34. The van der Waals surface area contributed by atoms with E-state index in [1.54, 1.807) is 0 Å². The fourth-order valence-corrected chi connectivity index (χ4v) is 2.60. The number of amidine groups is 1. The van der Waals surface area contributed by atoms with Crippen LogP contribution in [0.1, 0.15) is 12.0 Å². The lowest BCUT2D eigenvalue weighted by Gasteiger charge is -2.25. The van der Waals surface area contributed by atoms with Crippen LogP contribution in [0.15, 0.2) is 35.3 Å². The number of aryl methyl sites for hydroxylation is 1. The molecule has 0 aliphatic carbocycles. The van der Waals surface area contributed by atoms with E-state index in [0.29, 0.717) is 0 Å². The van der Waals surface area contributed by atoms with Gasteiger partial charge < -0.3 is 20.0 Å². The highest BCUT2D eigenvalue weighted by Gasteiger charge is 2.11. The summed E-state index contributed by atoms with van der Waals surface area (Å²) in [5, 5.41) is 24.4. The van der Waals surface area contributed by atoms with Crippen molar-refractivity contribution in [3.8, 4) is 6.19 Å². The van der Waals surface area contributed by atoms with Gasteiger partial charge in [0, 0.05) is 19.6 Å². The molecule has 0 aliphatic rings. The summed E-state index contributed by atoms with van der Waals surface area (Å²) in [6, 6.07) is 10.5. The molecule has 2 N–H and O–H groups in total. The largest absolute Gasteiger partial charge is 0.473 e. The van der Waals surface area contributed by atoms with Crippen LogP contribution in [0.4, 0.5) is 0 Å². The lowest BCUT2D eigenvalue weighted by atomic mass is 10.1. The van der Waals surface area contributed by atoms with Crippen molar-refractivity contribution in [3.63, 3.8) is 0 Å². The molecule has 0 saturated heterocycles. The van der Waals surface area contributed by atoms with Gasteiger partial charge in [-0.3, -0.25) is 0 Å². The van der Waals surface area contributed by atoms with E-state index < -0.39 is 11.9 Å². The predicted octanol–water partition coefficient (Wildman–Crippen LogP) is 1.84. The topological polar surface area (TPSA) is 117 Å². The maximum Gasteiger partial charge on any atom is 0.414 e. The Morgan fingerprint density at radius 1 is 1.11 bits per heavy atom. The van der Waals surface area contributed by atoms with Gasteiger partial charge in [-0.2, -0.15) is 5.26 Å². The molecule has 0 atom stereocenters. The Morgan fingerprint density at radius 3 is 2.15 bits per heavy atom. The standard InChI is InChI=1S/C16H24N4S.C2H2O4/c1-19(2)12-13-20(16(21-3)18-14-17)11-7-10-15-8-5-4-6-9-15;3-1(4)2(5)6/h4-6,8-9H,7,10-13H2,1-3H3;(H,3,4)(H,5,6)/b18-16-;. The number of carboxylic acid groups (broad SMARTS) is 2. The predicted molar refractivity (Wildman–Crippen MR) is 107 cm³/mol. The first-order valence-corrected chi connectivity index (χ1v) is 9.44. The fraction of sp³-hybridized carbons (Fsp3) is 0.444. The van der Waals surface area contributed by atoms with Crippen LogP contribution >= 0.6 is 11.8 Å². The number of nitrogens with zero attached hydrogens (tertiary/aromatic N) is 4. The molecule has 9 heteroatoms. The highest BCUT2D eigenvalue weighted by Crippen LogP contribution is 2.09. The van der Waals surface area contributed by atoms with Gasteiger partial charge in [-0.05, 0) is 38.8 Å². The first-order valence-electron chi connectivity index (χ1n) is 8.22. The number of carbonyl (C=O) groups is 2. The number of carboxylic acids is 2. The van der Waals surface area contributed by atoms with Gasteiger partial charge in [0.05, 0.1) is 0 Å². The van der Waals surface area contributed by atoms with Crippen LogP contribution in [0.25, 0.3) is 0 Å². The zero-order valence-electron chi connectivity index (χ0n) is 15.8. The van der Waals surface area contributed by atoms with Crippen molar-refractivity contribution in [2.45, 2.75) is 12.8 Å². The van der Waals surface area contributed by atoms with Crippen molar-refractivity contribution in [1.82, 2.24) is 9.80 Å². The summed E-state index contributed by atoms with van der Waals surface area (Å²) < 4.78 is 0. The molecule has 0 aliphatic heterocycles. The number of benzene rings is 1. The summed E-state index contributed by atoms with van der Waals surface area (Å²) in [5.41, 5.74) is 1.35. The van der Waals surface area contributed by atoms with Crippen molar-refractivity contribution in [1.29, 1.82) is 5.26 Å². The number of hydrogen-bond acceptors (Lipinski definition) is 6. The number of thioether (sulfide) groups is 1. The van der Waals surface area contributed by atoms with E-state index in [4.69, 9.17) is 25.1 Å². The lowest BCUT2D eigenvalue weighted by Crippen LogP contribution is -2.36. The van der Waals surface area contributed by atoms with Crippen LogP contribution in [-0.2, 0) is 16.0 Å². The molecule has 0 unspecified atom stereocenters. The van der Waals surface area contributed by atoms with Crippen molar-refractivity contribution >= 4 is 28.9 Å². The molecule has 0 aromatic heterocycles. The fourth-order valence-electron chi connectivity index (χ4n) is 2.03. The van der Waals surface area contributed by atoms with Gasteiger partial charge in [0.1, 0.15) is 0 Å². The first kappa shape index (κ1) is 24.4. The van der Waals surface area contributed by atoms with E-state index in [2.05, 4.69) is 53.2 Å². The SMILES string of the molecule is CS/C(=N\C#N)N(CCCc1ccccc1)CCN(C)C.O=C(O)C(=O)O. The Hall–Kier alpha value is -2.57. The van der Waals surface area contributed by atoms with E-state index in [9.17, 15) is 0 Å². The van der Waals surface area contributed by atoms with Gasteiger partial charge >= 0.3 is 11.9 Å². The van der Waals surface area contributed by atoms with Gasteiger partial charge in [-0.25, -0.2) is 9.59 Å². The average Bonchev–Trinajstić information content (AvgIpc) is 2.64. The zero-order chi connectivity index (χ0) is 20.7. The molecule has 0 heterocycles. The van der Waals surface area contributed by atoms with Crippen LogP contribution in [0, 0.1) is 11.5 Å². The number of aliphatic imine (C=N–C) groups is 1. The van der Waals surface area contributed by atoms with Crippen LogP contribution in [0.3, 0.4) is 0 Å². The highest BCUT2D eigenvalue weighted by atomic mass is 32.2. The quantitative estimate of drug-likeness (QED) is 0.311. The molecule has 0 radical (unpaired) electrons. The minimum absolute atomic E-state index is 0.812. The second-order valence-electron chi connectivity index (χ2n) is 5.69. The lowest BCUT2D eigenvalue weighted by molar-refractivity contribution is -0.159. The molecule has 0 saturated carbocycles. The third-order valence-corrected chi connectivity index (χ3v) is 4.05. The monoisotopic (exact) mass is 394 g/mol. The molecule has 8 nitrogen and oxygen atoms in total. The molecule has 27 heavy (non-hydrogen) atoms. The molecular formula is C18H26N4O4S. The molecular weight excluding hydrogens is 368 g/mol. The first-order chi connectivity index (χ1) is 12.8. The normalized spacial score (nSPS) is 10.6. The molecule has 148 valence electrons. The zero-order valence-corrected chi connectivity index (χ0v) is 16.6. The highest BCUT2D eigenvalue weighted by molar-refractivity contribution is 8.13. The van der Waals surface area contributed by atoms with Gasteiger partial charge in [-0.1, -0.05) is 42.1 Å². The minimum Gasteiger partial charge on any atom is -0.473 e. The number of rotatable bonds is 7. The molecule has 1 aromatic carbocycles. The van der Waals surface area contributed by atoms with E-state index >= 15 is 0 Å². The number of aliphatic carboxylic acids is 2. The van der Waals surface area contributed by atoms with E-state index in [-0.39, 0.29) is 0 Å². The molecule has 0 amide bonds. The molecule has 1 aromatic rings. The second-order valence-corrected chi connectivity index (χ2v) is 6.46. The number of hydrogen-bond donors (Lipinski definition) is 2. The Balaban J connectivity index is 0.000000972. The average molecular weight is 394 g/mol. The Morgan fingerprint density at radius 2 is 1.70 bits per heavy atom. The number of nitriles is 1. The van der Waals surface area contributed by atoms with Crippen molar-refractivity contribution in [3.05, 3.63) is 35.9 Å². The summed E-state index contributed by atoms with van der Waals surface area (Å²) in [7, 11) is 4.12. The van der Waals surface area contributed by atoms with E-state index in [0.717, 1.165) is 37.6 Å². The molecule has 0 bridgehead atoms. The Labute approximate surface area is 164 Å². The van der Waals surface area contributed by atoms with E-state index in [1.807, 2.05) is 18.5 Å². The smallest absolute Gasteiger partial charge is 0.414 e. The summed E-state index contributed by atoms with van der Waals surface area (Å²) in [6.07, 6.45) is 5.98. The van der Waals surface area contributed by atoms with Gasteiger partial charge in [0.15, 0.2) is 5.17 Å². The van der Waals surface area contributed by atoms with Crippen LogP contribution in [-0.4, -0.2) is 77.1 Å². The maximum absolute atomic E-state index is 9.10. The second kappa shape index (κ2) is 14.6. The van der Waals surface area contributed by atoms with Crippen molar-refractivity contribution in [2.24, 2.45) is 4.99 Å². The summed E-state index contributed by atoms with van der Waals surface area (Å²) >= 11 is 1.54. The van der Waals surface area contributed by atoms with E-state index in [1.165, 1.54) is 17.3 Å². The van der Waals surface area contributed by atoms with Gasteiger partial charge in [0.25, 0.3) is 0 Å². The van der Waals surface area contributed by atoms with Gasteiger partial charge in [-0.15, -0.1) is 4.99 Å². The molecule has 0 fully saturated rings. The molecule has 1 rings (SSSR count). The van der Waals surface area contributed by atoms with Crippen LogP contribution in [0.5, 0.6) is 0 Å². The van der Waals surface area contributed by atoms with Crippen molar-refractivity contribution in [2.75, 3.05) is 40.0 Å². The van der Waals surface area contributed by atoms with Crippen molar-refractivity contribution < 1.29 is 19.8 Å². The van der Waals surface area contributed by atoms with Gasteiger partial charge in [0.2, 0.25) is 6.19 Å². The summed E-state index contributed by atoms with van der Waals surface area (Å²) in [4.78, 5) is 26.5. The number of likely N-dealkylation sites (N-methyl/N-ethyl adjacent to an activating group) is 1. The Kier molecular flexibility index (Phi) is 13.2. The Bertz CT molecular complexity index is 633.